The molecule has 0 heterocycles. The molecule has 0 spiro atoms. The highest BCUT2D eigenvalue weighted by molar-refractivity contribution is 9.10. The molecule has 0 aliphatic rings. The van der Waals surface area contributed by atoms with Gasteiger partial charge in [-0.1, -0.05) is 54.0 Å². The van der Waals surface area contributed by atoms with Gasteiger partial charge in [-0.15, -0.1) is 0 Å². The van der Waals surface area contributed by atoms with Crippen LogP contribution in [0.5, 0.6) is 0 Å². The van der Waals surface area contributed by atoms with Crippen molar-refractivity contribution >= 4 is 27.7 Å². The van der Waals surface area contributed by atoms with Gasteiger partial charge in [0.1, 0.15) is 0 Å². The fraction of sp³-hybridized carbons (Fsp3) is 0.375. The predicted molar refractivity (Wildman–Crippen MR) is 161 cm³/mol. The molecule has 0 saturated carbocycles. The van der Waals surface area contributed by atoms with Crippen molar-refractivity contribution in [1.82, 2.24) is 15.5 Å². The number of aliphatic hydroxyl groups is 1. The van der Waals surface area contributed by atoms with Gasteiger partial charge >= 0.3 is 6.18 Å². The molecule has 0 unspecified atom stereocenters. The topological polar surface area (TPSA) is 81.7 Å². The van der Waals surface area contributed by atoms with Crippen LogP contribution in [0.3, 0.4) is 0 Å². The summed E-state index contributed by atoms with van der Waals surface area (Å²) in [5, 5.41) is 16.4. The van der Waals surface area contributed by atoms with Gasteiger partial charge in [-0.3, -0.25) is 9.59 Å². The third kappa shape index (κ3) is 10.0. The minimum atomic E-state index is -4.54. The van der Waals surface area contributed by atoms with Crippen molar-refractivity contribution in [3.63, 3.8) is 0 Å². The monoisotopic (exact) mass is 701 g/mol. The van der Waals surface area contributed by atoms with E-state index in [2.05, 4.69) is 26.6 Å². The molecule has 3 aromatic carbocycles. The Kier molecular flexibility index (Phi) is 13.0. The second-order valence-corrected chi connectivity index (χ2v) is 11.5. The second-order valence-electron chi connectivity index (χ2n) is 10.5. The molecule has 3 rings (SSSR count). The quantitative estimate of drug-likeness (QED) is 0.130. The molecular weight excluding hydrogens is 668 g/mol. The van der Waals surface area contributed by atoms with Crippen LogP contribution in [0.15, 0.2) is 59.1 Å². The Hall–Kier alpha value is -3.42. The summed E-state index contributed by atoms with van der Waals surface area (Å²) in [6.45, 7) is 4.56. The minimum absolute atomic E-state index is 0.0422. The Morgan fingerprint density at radius 2 is 1.60 bits per heavy atom. The van der Waals surface area contributed by atoms with Crippen LogP contribution in [0.4, 0.5) is 26.3 Å². The van der Waals surface area contributed by atoms with E-state index in [9.17, 15) is 41.0 Å². The molecule has 0 aliphatic carbocycles. The number of aliphatic hydroxyl groups excluding tert-OH is 1. The van der Waals surface area contributed by atoms with Crippen LogP contribution in [-0.4, -0.2) is 53.6 Å². The number of hydrogen-bond acceptors (Lipinski definition) is 4. The SMILES string of the molecule is CCCN(CCC)C(=O)c1cc(Br)cc(C(=O)N[C@@H](Cc2ccc(F)c(F)c2F)[C@H](O)CNCc2cccc(C(F)(F)F)c2)c1. The summed E-state index contributed by atoms with van der Waals surface area (Å²) in [5.74, 6) is -5.64. The molecule has 45 heavy (non-hydrogen) atoms. The Bertz CT molecular complexity index is 1480. The van der Waals surface area contributed by atoms with Crippen LogP contribution in [0.2, 0.25) is 0 Å². The maximum Gasteiger partial charge on any atom is 0.416 e. The first-order valence-corrected chi connectivity index (χ1v) is 15.1. The van der Waals surface area contributed by atoms with Gasteiger partial charge in [0.15, 0.2) is 17.5 Å². The Balaban J connectivity index is 1.84. The zero-order valence-corrected chi connectivity index (χ0v) is 26.2. The molecule has 3 N–H and O–H groups in total. The summed E-state index contributed by atoms with van der Waals surface area (Å²) in [5.41, 5.74) is -0.615. The van der Waals surface area contributed by atoms with Gasteiger partial charge < -0.3 is 20.6 Å². The van der Waals surface area contributed by atoms with Gasteiger partial charge in [0.2, 0.25) is 0 Å². The van der Waals surface area contributed by atoms with Crippen LogP contribution < -0.4 is 10.6 Å². The average Bonchev–Trinajstić information content (AvgIpc) is 2.99. The second kappa shape index (κ2) is 16.2. The summed E-state index contributed by atoms with van der Waals surface area (Å²) in [6.07, 6.45) is -4.99. The summed E-state index contributed by atoms with van der Waals surface area (Å²) < 4.78 is 81.8. The largest absolute Gasteiger partial charge is 0.416 e. The molecule has 0 radical (unpaired) electrons. The van der Waals surface area contributed by atoms with E-state index in [4.69, 9.17) is 0 Å². The van der Waals surface area contributed by atoms with Crippen LogP contribution >= 0.6 is 15.9 Å². The summed E-state index contributed by atoms with van der Waals surface area (Å²) >= 11 is 3.32. The van der Waals surface area contributed by atoms with Gasteiger partial charge in [0.05, 0.1) is 17.7 Å². The van der Waals surface area contributed by atoms with Crippen molar-refractivity contribution in [1.29, 1.82) is 0 Å². The first-order valence-electron chi connectivity index (χ1n) is 14.3. The third-order valence-corrected chi connectivity index (χ3v) is 7.41. The zero-order valence-electron chi connectivity index (χ0n) is 24.7. The number of alkyl halides is 3. The molecule has 0 bridgehead atoms. The van der Waals surface area contributed by atoms with Crippen molar-refractivity contribution in [3.8, 4) is 0 Å². The van der Waals surface area contributed by atoms with Crippen molar-refractivity contribution in [2.75, 3.05) is 19.6 Å². The molecule has 2 amide bonds. The predicted octanol–water partition coefficient (Wildman–Crippen LogP) is 6.64. The molecule has 0 aromatic heterocycles. The van der Waals surface area contributed by atoms with E-state index in [1.807, 2.05) is 13.8 Å². The van der Waals surface area contributed by atoms with Gasteiger partial charge in [-0.05, 0) is 60.7 Å². The lowest BCUT2D eigenvalue weighted by Gasteiger charge is -2.26. The van der Waals surface area contributed by atoms with Crippen LogP contribution in [-0.2, 0) is 19.1 Å². The highest BCUT2D eigenvalue weighted by atomic mass is 79.9. The Labute approximate surface area is 265 Å². The van der Waals surface area contributed by atoms with Gasteiger partial charge in [-0.2, -0.15) is 13.2 Å². The molecule has 13 heteroatoms. The number of rotatable bonds is 14. The number of nitrogens with zero attached hydrogens (tertiary/aromatic N) is 1. The Morgan fingerprint density at radius 1 is 0.933 bits per heavy atom. The van der Waals surface area contributed by atoms with Crippen LogP contribution in [0, 0.1) is 17.5 Å². The van der Waals surface area contributed by atoms with E-state index in [0.717, 1.165) is 37.1 Å². The third-order valence-electron chi connectivity index (χ3n) is 6.95. The van der Waals surface area contributed by atoms with E-state index < -0.39 is 53.7 Å². The van der Waals surface area contributed by atoms with E-state index in [1.54, 1.807) is 11.0 Å². The molecule has 3 aromatic rings. The maximum atomic E-state index is 14.6. The Morgan fingerprint density at radius 3 is 2.24 bits per heavy atom. The normalized spacial score (nSPS) is 12.9. The van der Waals surface area contributed by atoms with Crippen molar-refractivity contribution in [2.45, 2.75) is 58.0 Å². The molecule has 244 valence electrons. The number of amides is 2. The number of benzene rings is 3. The fourth-order valence-electron chi connectivity index (χ4n) is 4.74. The van der Waals surface area contributed by atoms with E-state index in [1.165, 1.54) is 24.3 Å². The number of carbonyl (C=O) groups is 2. The number of halogens is 7. The summed E-state index contributed by atoms with van der Waals surface area (Å²) in [7, 11) is 0. The highest BCUT2D eigenvalue weighted by Gasteiger charge is 2.30. The molecule has 0 fully saturated rings. The molecule has 6 nitrogen and oxygen atoms in total. The minimum Gasteiger partial charge on any atom is -0.390 e. The lowest BCUT2D eigenvalue weighted by molar-refractivity contribution is -0.137. The lowest BCUT2D eigenvalue weighted by atomic mass is 9.99. The van der Waals surface area contributed by atoms with Gasteiger partial charge in [0, 0.05) is 41.8 Å². The summed E-state index contributed by atoms with van der Waals surface area (Å²) in [4.78, 5) is 28.3. The molecular formula is C32H34BrF6N3O3. The lowest BCUT2D eigenvalue weighted by Crippen LogP contribution is -2.48. The van der Waals surface area contributed by atoms with E-state index in [-0.39, 0.29) is 41.3 Å². The van der Waals surface area contributed by atoms with E-state index >= 15 is 0 Å². The van der Waals surface area contributed by atoms with Crippen LogP contribution in [0.25, 0.3) is 0 Å². The molecule has 0 saturated heterocycles. The standard InChI is InChI=1S/C32H34BrF6N3O3/c1-3-10-42(11-4-2)31(45)22-13-21(14-24(33)15-22)30(44)41-26(16-20-8-9-25(34)29(36)28(20)35)27(43)18-40-17-19-6-5-7-23(12-19)32(37,38)39/h5-9,12-15,26-27,40,43H,3-4,10-11,16-18H2,1-2H3,(H,41,44)/t26-,27+/m0/s1. The van der Waals surface area contributed by atoms with Crippen molar-refractivity contribution < 1.29 is 41.0 Å². The van der Waals surface area contributed by atoms with Crippen molar-refractivity contribution in [2.24, 2.45) is 0 Å². The number of carbonyl (C=O) groups excluding carboxylic acids is 2. The zero-order chi connectivity index (χ0) is 33.3. The maximum absolute atomic E-state index is 14.6. The van der Waals surface area contributed by atoms with E-state index in [0.29, 0.717) is 17.6 Å². The first-order chi connectivity index (χ1) is 21.2. The number of nitrogens with one attached hydrogen (secondary N) is 2. The smallest absolute Gasteiger partial charge is 0.390 e. The van der Waals surface area contributed by atoms with Crippen LogP contribution in [0.1, 0.15) is 64.1 Å². The fourth-order valence-corrected chi connectivity index (χ4v) is 5.23. The highest BCUT2D eigenvalue weighted by Crippen LogP contribution is 2.29. The molecule has 2 atom stereocenters. The van der Waals surface area contributed by atoms with Gasteiger partial charge in [-0.25, -0.2) is 13.2 Å². The van der Waals surface area contributed by atoms with Crippen molar-refractivity contribution in [3.05, 3.63) is 104 Å². The average molecular weight is 703 g/mol. The summed E-state index contributed by atoms with van der Waals surface area (Å²) in [6, 6.07) is 9.41. The number of hydrogen-bond donors (Lipinski definition) is 3. The first kappa shape index (κ1) is 36.1. The molecule has 0 aliphatic heterocycles. The van der Waals surface area contributed by atoms with Gasteiger partial charge in [0.25, 0.3) is 11.8 Å².